The van der Waals surface area contributed by atoms with Gasteiger partial charge in [0, 0.05) is 24.1 Å². The number of hydrogen-bond acceptors (Lipinski definition) is 5. The van der Waals surface area contributed by atoms with Crippen molar-refractivity contribution in [2.24, 2.45) is 5.92 Å². The van der Waals surface area contributed by atoms with Crippen molar-refractivity contribution in [3.05, 3.63) is 47.2 Å². The first-order valence-corrected chi connectivity index (χ1v) is 11.5. The summed E-state index contributed by atoms with van der Waals surface area (Å²) in [5, 5.41) is 3.78. The Hall–Kier alpha value is -2.14. The van der Waals surface area contributed by atoms with Crippen molar-refractivity contribution >= 4 is 11.8 Å². The average molecular weight is 392 g/mol. The van der Waals surface area contributed by atoms with Gasteiger partial charge in [-0.15, -0.1) is 0 Å². The fourth-order valence-corrected chi connectivity index (χ4v) is 5.42. The highest BCUT2D eigenvalue weighted by Crippen LogP contribution is 2.39. The zero-order valence-corrected chi connectivity index (χ0v) is 17.3. The Bertz CT molecular complexity index is 825. The Balaban J connectivity index is 1.30. The van der Waals surface area contributed by atoms with E-state index in [0.717, 1.165) is 30.3 Å². The molecule has 0 spiro atoms. The molecule has 5 rings (SSSR count). The molecule has 3 N–H and O–H groups in total. The Kier molecular flexibility index (Phi) is 5.40. The van der Waals surface area contributed by atoms with Gasteiger partial charge in [0.25, 0.3) is 0 Å². The second-order valence-electron chi connectivity index (χ2n) is 9.17. The molecule has 2 aromatic rings. The van der Waals surface area contributed by atoms with Crippen molar-refractivity contribution in [3.8, 4) is 0 Å². The van der Waals surface area contributed by atoms with Crippen LogP contribution in [0.25, 0.3) is 0 Å². The topological polar surface area (TPSA) is 67.1 Å². The summed E-state index contributed by atoms with van der Waals surface area (Å²) >= 11 is 0. The van der Waals surface area contributed by atoms with Crippen molar-refractivity contribution in [1.82, 2.24) is 14.9 Å². The summed E-state index contributed by atoms with van der Waals surface area (Å²) in [6.45, 7) is 3.93. The Morgan fingerprint density at radius 3 is 2.48 bits per heavy atom. The molecule has 154 valence electrons. The number of nitrogens with zero attached hydrogens (tertiary/aromatic N) is 3. The number of aromatic nitrogens is 2. The second-order valence-corrected chi connectivity index (χ2v) is 9.17. The van der Waals surface area contributed by atoms with Crippen molar-refractivity contribution in [2.45, 2.75) is 63.3 Å². The number of nitrogens with two attached hydrogens (primary N) is 1. The number of likely N-dealkylation sites (tertiary alicyclic amines) is 1. The van der Waals surface area contributed by atoms with Crippen LogP contribution in [0.4, 0.5) is 11.8 Å². The molecule has 1 aromatic carbocycles. The van der Waals surface area contributed by atoms with Crippen molar-refractivity contribution in [2.75, 3.05) is 30.7 Å². The summed E-state index contributed by atoms with van der Waals surface area (Å²) < 4.78 is 0. The number of rotatable bonds is 5. The SMILES string of the molecule is Nc1nc(NC2CCC(CN3CCC3)CC2)c2c(n1)C(c1ccccc1)CCC2. The summed E-state index contributed by atoms with van der Waals surface area (Å²) in [6, 6.07) is 11.2. The van der Waals surface area contributed by atoms with Gasteiger partial charge in [-0.2, -0.15) is 4.98 Å². The van der Waals surface area contributed by atoms with Crippen molar-refractivity contribution in [1.29, 1.82) is 0 Å². The van der Waals surface area contributed by atoms with Crippen LogP contribution in [0.5, 0.6) is 0 Å². The van der Waals surface area contributed by atoms with Crippen LogP contribution in [-0.4, -0.2) is 40.5 Å². The number of anilines is 2. The van der Waals surface area contributed by atoms with Gasteiger partial charge in [0.05, 0.1) is 5.69 Å². The molecule has 2 fully saturated rings. The number of nitrogen functional groups attached to an aromatic ring is 1. The molecule has 1 aromatic heterocycles. The smallest absolute Gasteiger partial charge is 0.222 e. The molecule has 1 saturated heterocycles. The normalized spacial score (nSPS) is 27.1. The predicted molar refractivity (Wildman–Crippen MR) is 118 cm³/mol. The lowest BCUT2D eigenvalue weighted by molar-refractivity contribution is 0.134. The van der Waals surface area contributed by atoms with Gasteiger partial charge in [-0.1, -0.05) is 30.3 Å². The molecule has 1 atom stereocenters. The Labute approximate surface area is 174 Å². The Morgan fingerprint density at radius 1 is 0.966 bits per heavy atom. The standard InChI is InChI=1S/C24H33N5/c25-24-27-22-20(18-6-2-1-3-7-18)8-4-9-21(22)23(28-24)26-19-12-10-17(11-13-19)16-29-14-5-15-29/h1-3,6-7,17,19-20H,4-5,8-16H2,(H3,25,26,27,28). The zero-order chi connectivity index (χ0) is 19.6. The van der Waals surface area contributed by atoms with Crippen LogP contribution in [0, 0.1) is 5.92 Å². The minimum absolute atomic E-state index is 0.332. The van der Waals surface area contributed by atoms with Crippen LogP contribution in [0.15, 0.2) is 30.3 Å². The molecule has 1 unspecified atom stereocenters. The van der Waals surface area contributed by atoms with E-state index in [9.17, 15) is 0 Å². The molecule has 2 heterocycles. The summed E-state index contributed by atoms with van der Waals surface area (Å²) in [5.74, 6) is 2.61. The first kappa shape index (κ1) is 18.9. The van der Waals surface area contributed by atoms with Gasteiger partial charge in [-0.3, -0.25) is 0 Å². The lowest BCUT2D eigenvalue weighted by Crippen LogP contribution is -2.42. The maximum absolute atomic E-state index is 6.16. The van der Waals surface area contributed by atoms with E-state index in [0.29, 0.717) is 17.9 Å². The molecule has 5 nitrogen and oxygen atoms in total. The minimum Gasteiger partial charge on any atom is -0.368 e. The van der Waals surface area contributed by atoms with E-state index in [1.165, 1.54) is 69.3 Å². The molecule has 1 saturated carbocycles. The van der Waals surface area contributed by atoms with Crippen LogP contribution >= 0.6 is 0 Å². The van der Waals surface area contributed by atoms with Crippen molar-refractivity contribution < 1.29 is 0 Å². The van der Waals surface area contributed by atoms with E-state index in [2.05, 4.69) is 45.5 Å². The van der Waals surface area contributed by atoms with Gasteiger partial charge in [-0.25, -0.2) is 4.98 Å². The molecular formula is C24H33N5. The molecule has 0 radical (unpaired) electrons. The fraction of sp³-hybridized carbons (Fsp3) is 0.583. The number of benzene rings is 1. The number of nitrogens with one attached hydrogen (secondary N) is 1. The molecule has 1 aliphatic heterocycles. The summed E-state index contributed by atoms with van der Waals surface area (Å²) in [5.41, 5.74) is 9.93. The van der Waals surface area contributed by atoms with Crippen LogP contribution in [-0.2, 0) is 6.42 Å². The lowest BCUT2D eigenvalue weighted by Gasteiger charge is -2.37. The fourth-order valence-electron chi connectivity index (χ4n) is 5.42. The van der Waals surface area contributed by atoms with E-state index < -0.39 is 0 Å². The van der Waals surface area contributed by atoms with Gasteiger partial charge in [0.2, 0.25) is 5.95 Å². The summed E-state index contributed by atoms with van der Waals surface area (Å²) in [6.07, 6.45) is 9.87. The third kappa shape index (κ3) is 4.11. The highest BCUT2D eigenvalue weighted by Gasteiger charge is 2.29. The largest absolute Gasteiger partial charge is 0.368 e. The van der Waals surface area contributed by atoms with Crippen LogP contribution < -0.4 is 11.1 Å². The van der Waals surface area contributed by atoms with Crippen LogP contribution in [0.1, 0.15) is 67.7 Å². The number of fused-ring (bicyclic) bond motifs is 1. The molecule has 0 bridgehead atoms. The maximum Gasteiger partial charge on any atom is 0.222 e. The first-order chi connectivity index (χ1) is 14.3. The molecular weight excluding hydrogens is 358 g/mol. The highest BCUT2D eigenvalue weighted by molar-refractivity contribution is 5.54. The zero-order valence-electron chi connectivity index (χ0n) is 17.3. The average Bonchev–Trinajstić information content (AvgIpc) is 2.72. The molecule has 3 aliphatic rings. The maximum atomic E-state index is 6.16. The monoisotopic (exact) mass is 391 g/mol. The second kappa shape index (κ2) is 8.31. The van der Waals surface area contributed by atoms with E-state index in [1.54, 1.807) is 0 Å². The Morgan fingerprint density at radius 2 is 1.76 bits per heavy atom. The van der Waals surface area contributed by atoms with Crippen LogP contribution in [0.3, 0.4) is 0 Å². The summed E-state index contributed by atoms with van der Waals surface area (Å²) in [7, 11) is 0. The molecule has 29 heavy (non-hydrogen) atoms. The quantitative estimate of drug-likeness (QED) is 0.799. The summed E-state index contributed by atoms with van der Waals surface area (Å²) in [4.78, 5) is 12.0. The predicted octanol–water partition coefficient (Wildman–Crippen LogP) is 4.20. The highest BCUT2D eigenvalue weighted by atomic mass is 15.2. The molecule has 5 heteroatoms. The lowest BCUT2D eigenvalue weighted by atomic mass is 9.82. The van der Waals surface area contributed by atoms with E-state index in [-0.39, 0.29) is 0 Å². The molecule has 0 amide bonds. The van der Waals surface area contributed by atoms with Gasteiger partial charge >= 0.3 is 0 Å². The van der Waals surface area contributed by atoms with Gasteiger partial charge in [-0.05, 0) is 75.9 Å². The minimum atomic E-state index is 0.332. The third-order valence-electron chi connectivity index (χ3n) is 7.16. The first-order valence-electron chi connectivity index (χ1n) is 11.5. The van der Waals surface area contributed by atoms with Crippen molar-refractivity contribution in [3.63, 3.8) is 0 Å². The van der Waals surface area contributed by atoms with Crippen LogP contribution in [0.2, 0.25) is 0 Å². The van der Waals surface area contributed by atoms with E-state index in [1.807, 2.05) is 0 Å². The van der Waals surface area contributed by atoms with Gasteiger partial charge in [0.1, 0.15) is 5.82 Å². The van der Waals surface area contributed by atoms with E-state index >= 15 is 0 Å². The van der Waals surface area contributed by atoms with E-state index in [4.69, 9.17) is 10.7 Å². The number of hydrogen-bond donors (Lipinski definition) is 2. The van der Waals surface area contributed by atoms with Gasteiger partial charge in [0.15, 0.2) is 0 Å². The molecule has 2 aliphatic carbocycles. The van der Waals surface area contributed by atoms with Gasteiger partial charge < -0.3 is 16.0 Å². The third-order valence-corrected chi connectivity index (χ3v) is 7.16.